The molecule has 3 saturated carbocycles. The molecule has 0 radical (unpaired) electrons. The summed E-state index contributed by atoms with van der Waals surface area (Å²) in [6.07, 6.45) is 12.9. The van der Waals surface area contributed by atoms with Crippen LogP contribution in [-0.2, 0) is 14.3 Å². The lowest BCUT2D eigenvalue weighted by Gasteiger charge is -2.62. The van der Waals surface area contributed by atoms with E-state index in [4.69, 9.17) is 27.9 Å². The summed E-state index contributed by atoms with van der Waals surface area (Å²) >= 11 is 12.0. The number of alkyl halides is 2. The van der Waals surface area contributed by atoms with Crippen molar-refractivity contribution in [2.24, 2.45) is 29.1 Å². The van der Waals surface area contributed by atoms with Crippen molar-refractivity contribution in [2.75, 3.05) is 29.7 Å². The van der Waals surface area contributed by atoms with Crippen LogP contribution in [-0.4, -0.2) is 48.4 Å². The van der Waals surface area contributed by atoms with Gasteiger partial charge in [-0.2, -0.15) is 0 Å². The highest BCUT2D eigenvalue weighted by molar-refractivity contribution is 6.18. The van der Waals surface area contributed by atoms with Crippen LogP contribution in [0.3, 0.4) is 0 Å². The normalized spacial score (nSPS) is 35.9. The molecule has 1 heterocycles. The van der Waals surface area contributed by atoms with Crippen molar-refractivity contribution in [3.8, 4) is 0 Å². The molecule has 7 atom stereocenters. The number of hydrogen-bond acceptors (Lipinski definition) is 4. The fraction of sp³-hybridized carbons (Fsp3) is 0.688. The van der Waals surface area contributed by atoms with Gasteiger partial charge < -0.3 is 15.0 Å². The zero-order valence-corrected chi connectivity index (χ0v) is 25.0. The number of esters is 1. The molecule has 4 fully saturated rings. The first-order chi connectivity index (χ1) is 18.8. The third kappa shape index (κ3) is 5.86. The van der Waals surface area contributed by atoms with Gasteiger partial charge in [0.05, 0.1) is 0 Å². The Kier molecular flexibility index (Phi) is 8.88. The van der Waals surface area contributed by atoms with Crippen LogP contribution < -0.4 is 10.2 Å². The van der Waals surface area contributed by atoms with Crippen LogP contribution in [0.15, 0.2) is 30.3 Å². The second-order valence-electron chi connectivity index (χ2n) is 12.8. The van der Waals surface area contributed by atoms with Crippen molar-refractivity contribution in [1.29, 1.82) is 0 Å². The standard InChI is InChI=1S/C32H44Cl2N2O3/c1-31-15-13-24(39-30(38)12-7-22-5-3-4-6-28(22)36(19-17-33)20-18-34)21-23(31)8-9-25-26(31)14-16-32(2)27(25)10-11-29(37)35-32/h3-7,12,23-27H,8-11,13-21H2,1-2H3,(H,35,37)/b12-7+. The maximum absolute atomic E-state index is 12.9. The molecule has 7 unspecified atom stereocenters. The quantitative estimate of drug-likeness (QED) is 0.210. The fourth-order valence-electron chi connectivity index (χ4n) is 8.84. The first kappa shape index (κ1) is 28.8. The molecule has 1 saturated heterocycles. The molecule has 1 aliphatic heterocycles. The van der Waals surface area contributed by atoms with Gasteiger partial charge in [-0.25, -0.2) is 4.79 Å². The van der Waals surface area contributed by atoms with Gasteiger partial charge >= 0.3 is 5.97 Å². The first-order valence-corrected chi connectivity index (χ1v) is 16.0. The third-order valence-corrected chi connectivity index (χ3v) is 11.1. The average molecular weight is 576 g/mol. The Hall–Kier alpha value is -1.72. The van der Waals surface area contributed by atoms with E-state index in [0.29, 0.717) is 60.4 Å². The van der Waals surface area contributed by atoms with E-state index in [-0.39, 0.29) is 23.5 Å². The molecule has 1 N–H and O–H groups in total. The summed E-state index contributed by atoms with van der Waals surface area (Å²) in [6.45, 7) is 6.19. The Morgan fingerprint density at radius 2 is 1.82 bits per heavy atom. The van der Waals surface area contributed by atoms with Gasteiger partial charge in [0, 0.05) is 48.6 Å². The SMILES string of the molecule is CC12CCC3C(CCC4CC(OC(=O)/C=C/c5ccccc5N(CCCl)CCCl)CCC43C)C1CCC(=O)N2. The number of carbonyl (C=O) groups excluding carboxylic acids is 2. The summed E-state index contributed by atoms with van der Waals surface area (Å²) in [5.41, 5.74) is 2.26. The predicted molar refractivity (Wildman–Crippen MR) is 159 cm³/mol. The number of anilines is 1. The number of ether oxygens (including phenoxy) is 1. The Labute approximate surface area is 244 Å². The van der Waals surface area contributed by atoms with E-state index in [1.165, 1.54) is 19.3 Å². The predicted octanol–water partition coefficient (Wildman–Crippen LogP) is 6.81. The van der Waals surface area contributed by atoms with Gasteiger partial charge in [0.2, 0.25) is 5.91 Å². The molecule has 39 heavy (non-hydrogen) atoms. The van der Waals surface area contributed by atoms with E-state index in [1.807, 2.05) is 30.3 Å². The minimum Gasteiger partial charge on any atom is -0.459 e. The average Bonchev–Trinajstić information content (AvgIpc) is 2.91. The highest BCUT2D eigenvalue weighted by Crippen LogP contribution is 2.62. The summed E-state index contributed by atoms with van der Waals surface area (Å²) < 4.78 is 6.02. The van der Waals surface area contributed by atoms with E-state index in [1.54, 1.807) is 6.08 Å². The highest BCUT2D eigenvalue weighted by atomic mass is 35.5. The van der Waals surface area contributed by atoms with Crippen molar-refractivity contribution < 1.29 is 14.3 Å². The molecule has 0 bridgehead atoms. The highest BCUT2D eigenvalue weighted by Gasteiger charge is 2.58. The maximum atomic E-state index is 12.9. The van der Waals surface area contributed by atoms with Crippen LogP contribution in [0, 0.1) is 29.1 Å². The van der Waals surface area contributed by atoms with Gasteiger partial charge in [0.25, 0.3) is 0 Å². The molecule has 4 aliphatic rings. The van der Waals surface area contributed by atoms with Crippen molar-refractivity contribution in [2.45, 2.75) is 83.3 Å². The molecule has 5 rings (SSSR count). The van der Waals surface area contributed by atoms with Crippen molar-refractivity contribution >= 4 is 46.8 Å². The van der Waals surface area contributed by atoms with Gasteiger partial charge in [-0.05, 0) is 105 Å². The smallest absolute Gasteiger partial charge is 0.331 e. The molecule has 1 aromatic carbocycles. The number of rotatable bonds is 8. The number of amides is 1. The summed E-state index contributed by atoms with van der Waals surface area (Å²) in [6, 6.07) is 8.01. The Morgan fingerprint density at radius 1 is 1.05 bits per heavy atom. The number of para-hydroxylation sites is 1. The number of hydrogen-bond donors (Lipinski definition) is 1. The van der Waals surface area contributed by atoms with E-state index >= 15 is 0 Å². The lowest BCUT2D eigenvalue weighted by Crippen LogP contribution is -2.63. The number of nitrogens with zero attached hydrogens (tertiary/aromatic N) is 1. The van der Waals surface area contributed by atoms with Crippen LogP contribution in [0.5, 0.6) is 0 Å². The van der Waals surface area contributed by atoms with Crippen LogP contribution in [0.1, 0.15) is 77.2 Å². The van der Waals surface area contributed by atoms with Crippen LogP contribution in [0.4, 0.5) is 5.69 Å². The molecular formula is C32H44Cl2N2O3. The van der Waals surface area contributed by atoms with Crippen molar-refractivity contribution in [1.82, 2.24) is 5.32 Å². The fourth-order valence-corrected chi connectivity index (χ4v) is 9.24. The number of carbonyl (C=O) groups is 2. The lowest BCUT2D eigenvalue weighted by molar-refractivity contribution is -0.158. The van der Waals surface area contributed by atoms with Crippen molar-refractivity contribution in [3.63, 3.8) is 0 Å². The lowest BCUT2D eigenvalue weighted by atomic mass is 9.45. The zero-order chi connectivity index (χ0) is 27.6. The molecule has 0 spiro atoms. The number of benzene rings is 1. The minimum absolute atomic E-state index is 0.0150. The Morgan fingerprint density at radius 3 is 2.59 bits per heavy atom. The summed E-state index contributed by atoms with van der Waals surface area (Å²) in [5, 5.41) is 3.37. The maximum Gasteiger partial charge on any atom is 0.331 e. The van der Waals surface area contributed by atoms with Crippen LogP contribution in [0.25, 0.3) is 6.08 Å². The van der Waals surface area contributed by atoms with Gasteiger partial charge in [-0.15, -0.1) is 23.2 Å². The topological polar surface area (TPSA) is 58.6 Å². The molecule has 1 aromatic rings. The molecule has 3 aliphatic carbocycles. The van der Waals surface area contributed by atoms with Crippen molar-refractivity contribution in [3.05, 3.63) is 35.9 Å². The second-order valence-corrected chi connectivity index (χ2v) is 13.5. The molecule has 0 aromatic heterocycles. The molecular weight excluding hydrogens is 531 g/mol. The van der Waals surface area contributed by atoms with E-state index in [0.717, 1.165) is 43.4 Å². The first-order valence-electron chi connectivity index (χ1n) is 14.9. The van der Waals surface area contributed by atoms with Crippen LogP contribution >= 0.6 is 23.2 Å². The summed E-state index contributed by atoms with van der Waals surface area (Å²) in [4.78, 5) is 27.2. The number of fused-ring (bicyclic) bond motifs is 5. The van der Waals surface area contributed by atoms with E-state index in [9.17, 15) is 9.59 Å². The molecule has 5 nitrogen and oxygen atoms in total. The number of piperidine rings is 1. The van der Waals surface area contributed by atoms with E-state index in [2.05, 4.69) is 24.1 Å². The van der Waals surface area contributed by atoms with E-state index < -0.39 is 0 Å². The molecule has 7 heteroatoms. The van der Waals surface area contributed by atoms with Crippen LogP contribution in [0.2, 0.25) is 0 Å². The Balaban J connectivity index is 1.21. The number of nitrogens with one attached hydrogen (secondary N) is 1. The van der Waals surface area contributed by atoms with Gasteiger partial charge in [0.1, 0.15) is 6.10 Å². The molecule has 214 valence electrons. The molecule has 1 amide bonds. The summed E-state index contributed by atoms with van der Waals surface area (Å²) in [7, 11) is 0. The Bertz CT molecular complexity index is 1070. The zero-order valence-electron chi connectivity index (χ0n) is 23.5. The minimum atomic E-state index is -0.264. The number of halogens is 2. The summed E-state index contributed by atoms with van der Waals surface area (Å²) in [5.74, 6) is 3.59. The largest absolute Gasteiger partial charge is 0.459 e. The van der Waals surface area contributed by atoms with Gasteiger partial charge in [-0.1, -0.05) is 25.1 Å². The monoisotopic (exact) mass is 574 g/mol. The van der Waals surface area contributed by atoms with Gasteiger partial charge in [0.15, 0.2) is 0 Å². The second kappa shape index (κ2) is 12.0. The van der Waals surface area contributed by atoms with Gasteiger partial charge in [-0.3, -0.25) is 4.79 Å². The third-order valence-electron chi connectivity index (χ3n) is 10.8.